The summed E-state index contributed by atoms with van der Waals surface area (Å²) in [5.41, 5.74) is -0.912. The van der Waals surface area contributed by atoms with Crippen LogP contribution in [0.5, 0.6) is 0 Å². The van der Waals surface area contributed by atoms with Gasteiger partial charge in [-0.05, 0) is 32.9 Å². The standard InChI is InChI=1S/C12H13BrF3NOS/c1-11(2,3)19(18)17-7-8-4-5-9(13)6-10(8)12(14,15)16/h4-7H,1-3H3/b17-7+/t19-/m0/s1. The molecule has 1 atom stereocenters. The lowest BCUT2D eigenvalue weighted by atomic mass is 10.1. The van der Waals surface area contributed by atoms with E-state index in [1.165, 1.54) is 12.1 Å². The molecule has 0 saturated heterocycles. The summed E-state index contributed by atoms with van der Waals surface area (Å²) >= 11 is 1.41. The highest BCUT2D eigenvalue weighted by Crippen LogP contribution is 2.33. The number of rotatable bonds is 2. The highest BCUT2D eigenvalue weighted by atomic mass is 79.9. The molecule has 2 nitrogen and oxygen atoms in total. The number of hydrogen-bond acceptors (Lipinski definition) is 2. The monoisotopic (exact) mass is 355 g/mol. The van der Waals surface area contributed by atoms with Crippen LogP contribution in [-0.4, -0.2) is 15.5 Å². The zero-order chi connectivity index (χ0) is 14.8. The van der Waals surface area contributed by atoms with Crippen molar-refractivity contribution in [3.8, 4) is 0 Å². The summed E-state index contributed by atoms with van der Waals surface area (Å²) in [6, 6.07) is 3.74. The second-order valence-corrected chi connectivity index (χ2v) is 7.67. The molecule has 0 bridgehead atoms. The van der Waals surface area contributed by atoms with E-state index in [0.29, 0.717) is 4.47 Å². The fourth-order valence-electron chi connectivity index (χ4n) is 1.15. The predicted molar refractivity (Wildman–Crippen MR) is 74.6 cm³/mol. The molecule has 0 aliphatic heterocycles. The predicted octanol–water partition coefficient (Wildman–Crippen LogP) is 4.35. The Balaban J connectivity index is 3.12. The topological polar surface area (TPSA) is 35.4 Å². The van der Waals surface area contributed by atoms with Crippen molar-refractivity contribution in [3.05, 3.63) is 33.8 Å². The fourth-order valence-corrected chi connectivity index (χ4v) is 2.04. The Labute approximate surface area is 121 Å². The van der Waals surface area contributed by atoms with Crippen molar-refractivity contribution in [3.63, 3.8) is 0 Å². The summed E-state index contributed by atoms with van der Waals surface area (Å²) < 4.78 is 53.6. The van der Waals surface area contributed by atoms with Crippen LogP contribution in [0.4, 0.5) is 13.2 Å². The van der Waals surface area contributed by atoms with Crippen LogP contribution < -0.4 is 0 Å². The highest BCUT2D eigenvalue weighted by Gasteiger charge is 2.33. The quantitative estimate of drug-likeness (QED) is 0.573. The van der Waals surface area contributed by atoms with E-state index < -0.39 is 27.8 Å². The maximum atomic E-state index is 12.8. The van der Waals surface area contributed by atoms with Gasteiger partial charge in [0.25, 0.3) is 0 Å². The van der Waals surface area contributed by atoms with Gasteiger partial charge in [-0.3, -0.25) is 0 Å². The summed E-state index contributed by atoms with van der Waals surface area (Å²) in [6.07, 6.45) is -3.47. The molecule has 0 heterocycles. The van der Waals surface area contributed by atoms with Crippen molar-refractivity contribution in [2.45, 2.75) is 31.7 Å². The van der Waals surface area contributed by atoms with Crippen LogP contribution in [0.3, 0.4) is 0 Å². The summed E-state index contributed by atoms with van der Waals surface area (Å²) in [7, 11) is 0. The van der Waals surface area contributed by atoms with Gasteiger partial charge in [-0.1, -0.05) is 26.4 Å². The second kappa shape index (κ2) is 5.85. The zero-order valence-corrected chi connectivity index (χ0v) is 13.0. The summed E-state index contributed by atoms with van der Waals surface area (Å²) in [4.78, 5) is 0. The van der Waals surface area contributed by atoms with Crippen LogP contribution in [0.2, 0.25) is 0 Å². The van der Waals surface area contributed by atoms with E-state index in [0.717, 1.165) is 12.3 Å². The molecule has 0 spiro atoms. The van der Waals surface area contributed by atoms with Crippen molar-refractivity contribution in [1.82, 2.24) is 0 Å². The number of halogens is 4. The Hall–Kier alpha value is -0.530. The van der Waals surface area contributed by atoms with Gasteiger partial charge in [0.2, 0.25) is 0 Å². The molecule has 0 amide bonds. The van der Waals surface area contributed by atoms with Crippen LogP contribution in [0.15, 0.2) is 27.1 Å². The lowest BCUT2D eigenvalue weighted by molar-refractivity contribution is -0.137. The summed E-state index contributed by atoms with van der Waals surface area (Å²) in [5.74, 6) is 0. The average Bonchev–Trinajstić information content (AvgIpc) is 2.24. The molecule has 0 N–H and O–H groups in total. The minimum absolute atomic E-state index is 0.103. The molecule has 0 radical (unpaired) electrons. The first kappa shape index (κ1) is 16.5. The van der Waals surface area contributed by atoms with Crippen molar-refractivity contribution in [2.24, 2.45) is 4.40 Å². The molecule has 0 unspecified atom stereocenters. The Morgan fingerprint density at radius 2 is 1.84 bits per heavy atom. The van der Waals surface area contributed by atoms with E-state index >= 15 is 0 Å². The number of hydrogen-bond donors (Lipinski definition) is 0. The third-order valence-corrected chi connectivity index (χ3v) is 3.97. The molecule has 1 aromatic rings. The largest absolute Gasteiger partial charge is 0.591 e. The molecule has 0 saturated carbocycles. The van der Waals surface area contributed by atoms with Crippen LogP contribution in [0.25, 0.3) is 0 Å². The van der Waals surface area contributed by atoms with Gasteiger partial charge in [0, 0.05) is 10.0 Å². The molecule has 1 rings (SSSR count). The molecule has 0 aliphatic rings. The van der Waals surface area contributed by atoms with Gasteiger partial charge in [-0.15, -0.1) is 0 Å². The van der Waals surface area contributed by atoms with Gasteiger partial charge in [-0.2, -0.15) is 13.2 Å². The summed E-state index contributed by atoms with van der Waals surface area (Å²) in [5, 5.41) is 0. The van der Waals surface area contributed by atoms with E-state index in [1.807, 2.05) is 0 Å². The Bertz CT molecular complexity index is 483. The molecule has 7 heteroatoms. The number of nitrogens with zero attached hydrogens (tertiary/aromatic N) is 1. The van der Waals surface area contributed by atoms with Gasteiger partial charge >= 0.3 is 6.18 Å². The lowest BCUT2D eigenvalue weighted by Gasteiger charge is -2.18. The first-order valence-corrected chi connectivity index (χ1v) is 7.24. The van der Waals surface area contributed by atoms with Gasteiger partial charge in [0.15, 0.2) is 0 Å². The third kappa shape index (κ3) is 4.81. The van der Waals surface area contributed by atoms with E-state index in [2.05, 4.69) is 20.3 Å². The fraction of sp³-hybridized carbons (Fsp3) is 0.417. The number of alkyl halides is 3. The Morgan fingerprint density at radius 1 is 1.26 bits per heavy atom. The van der Waals surface area contributed by atoms with Crippen LogP contribution >= 0.6 is 15.9 Å². The molecule has 106 valence electrons. The summed E-state index contributed by atoms with van der Waals surface area (Å²) in [6.45, 7) is 5.10. The molecular formula is C12H13BrF3NOS. The minimum Gasteiger partial charge on any atom is -0.591 e. The Kier molecular flexibility index (Phi) is 5.08. The maximum absolute atomic E-state index is 12.8. The Morgan fingerprint density at radius 3 is 2.32 bits per heavy atom. The van der Waals surface area contributed by atoms with Gasteiger partial charge < -0.3 is 4.55 Å². The highest BCUT2D eigenvalue weighted by molar-refractivity contribution is 9.10. The van der Waals surface area contributed by atoms with E-state index in [1.54, 1.807) is 20.8 Å². The molecule has 0 fully saturated rings. The van der Waals surface area contributed by atoms with Crippen LogP contribution in [-0.2, 0) is 17.5 Å². The SMILES string of the molecule is CC(C)(C)[S@+]([O-])/N=C/c1ccc(Br)cc1C(F)(F)F. The smallest absolute Gasteiger partial charge is 0.417 e. The maximum Gasteiger partial charge on any atom is 0.417 e. The molecule has 1 aromatic carbocycles. The van der Waals surface area contributed by atoms with Gasteiger partial charge in [0.05, 0.1) is 11.8 Å². The second-order valence-electron chi connectivity index (χ2n) is 4.83. The third-order valence-electron chi connectivity index (χ3n) is 2.13. The zero-order valence-electron chi connectivity index (χ0n) is 10.6. The molecule has 0 aliphatic carbocycles. The number of benzene rings is 1. The average molecular weight is 356 g/mol. The van der Waals surface area contributed by atoms with E-state index in [9.17, 15) is 17.7 Å². The van der Waals surface area contributed by atoms with Gasteiger partial charge in [-0.25, -0.2) is 0 Å². The normalized spacial score (nSPS) is 14.9. The van der Waals surface area contributed by atoms with Crippen LogP contribution in [0, 0.1) is 0 Å². The van der Waals surface area contributed by atoms with E-state index in [-0.39, 0.29) is 5.56 Å². The van der Waals surface area contributed by atoms with E-state index in [4.69, 9.17) is 0 Å². The van der Waals surface area contributed by atoms with Crippen molar-refractivity contribution >= 4 is 33.5 Å². The van der Waals surface area contributed by atoms with Crippen molar-refractivity contribution in [2.75, 3.05) is 0 Å². The molecule has 0 aromatic heterocycles. The molecule has 19 heavy (non-hydrogen) atoms. The van der Waals surface area contributed by atoms with Crippen LogP contribution in [0.1, 0.15) is 31.9 Å². The molecular weight excluding hydrogens is 343 g/mol. The minimum atomic E-state index is -4.48. The van der Waals surface area contributed by atoms with Crippen molar-refractivity contribution in [1.29, 1.82) is 0 Å². The first-order valence-electron chi connectivity index (χ1n) is 5.34. The first-order chi connectivity index (χ1) is 8.51. The van der Waals surface area contributed by atoms with Crippen molar-refractivity contribution < 1.29 is 17.7 Å². The van der Waals surface area contributed by atoms with Gasteiger partial charge in [0.1, 0.15) is 16.1 Å². The lowest BCUT2D eigenvalue weighted by Crippen LogP contribution is -2.26.